The Hall–Kier alpha value is -1.84. The molecule has 0 heterocycles. The molecular weight excluding hydrogens is 374 g/mol. The average molecular weight is 374 g/mol. The molecule has 8 nitrogen and oxygen atoms in total. The largest absolute Gasteiger partial charge is 0.518 e. The van der Waals surface area contributed by atoms with Crippen LogP contribution in [-0.4, -0.2) is 50.8 Å². The van der Waals surface area contributed by atoms with Gasteiger partial charge < -0.3 is 0 Å². The standard InChI is InChI=1S/C6F6N2O6S2/c7-5(8,9)21(17,18)13-1-2(4(16)3(1)15)14-22(19,20)6(10,11)12/b13-1-,14-2-. The number of carbonyl (C=O) groups excluding carboxylic acids is 2. The summed E-state index contributed by atoms with van der Waals surface area (Å²) in [6, 6.07) is 0. The highest BCUT2D eigenvalue weighted by atomic mass is 32.2. The first-order valence-electron chi connectivity index (χ1n) is 4.43. The van der Waals surface area contributed by atoms with E-state index in [4.69, 9.17) is 0 Å². The molecule has 1 saturated carbocycles. The lowest BCUT2D eigenvalue weighted by atomic mass is 9.91. The van der Waals surface area contributed by atoms with Crippen LogP contribution in [-0.2, 0) is 29.6 Å². The molecule has 0 bridgehead atoms. The maximum atomic E-state index is 12.0. The molecule has 0 aromatic heterocycles. The van der Waals surface area contributed by atoms with Crippen molar-refractivity contribution in [3.63, 3.8) is 0 Å². The lowest BCUT2D eigenvalue weighted by Crippen LogP contribution is -2.51. The predicted molar refractivity (Wildman–Crippen MR) is 54.8 cm³/mol. The van der Waals surface area contributed by atoms with Crippen LogP contribution in [0.3, 0.4) is 0 Å². The molecule has 0 aliphatic heterocycles. The van der Waals surface area contributed by atoms with Crippen LogP contribution in [0.2, 0.25) is 0 Å². The van der Waals surface area contributed by atoms with E-state index < -0.39 is 54.1 Å². The molecule has 0 amide bonds. The molecule has 0 aromatic rings. The Balaban J connectivity index is 3.47. The molecule has 124 valence electrons. The van der Waals surface area contributed by atoms with E-state index in [2.05, 4.69) is 0 Å². The average Bonchev–Trinajstić information content (AvgIpc) is 2.30. The third kappa shape index (κ3) is 3.01. The number of nitrogens with zero attached hydrogens (tertiary/aromatic N) is 2. The summed E-state index contributed by atoms with van der Waals surface area (Å²) >= 11 is 0. The molecule has 0 aromatic carbocycles. The minimum Gasteiger partial charge on any atom is -0.283 e. The number of hydrogen-bond acceptors (Lipinski definition) is 6. The number of Topliss-reactive ketones (excluding diaryl/α,β-unsaturated/α-hetero) is 2. The first-order valence-corrected chi connectivity index (χ1v) is 7.31. The molecule has 1 rings (SSSR count). The number of alkyl halides is 6. The fourth-order valence-corrected chi connectivity index (χ4v) is 1.91. The van der Waals surface area contributed by atoms with Gasteiger partial charge in [0.1, 0.15) is 0 Å². The Kier molecular flexibility index (Phi) is 4.00. The quantitative estimate of drug-likeness (QED) is 0.483. The fraction of sp³-hybridized carbons (Fsp3) is 0.333. The smallest absolute Gasteiger partial charge is 0.283 e. The van der Waals surface area contributed by atoms with Crippen molar-refractivity contribution in [3.8, 4) is 0 Å². The second-order valence-electron chi connectivity index (χ2n) is 3.38. The highest BCUT2D eigenvalue weighted by molar-refractivity contribution is 7.92. The first kappa shape index (κ1) is 18.2. The first-order chi connectivity index (χ1) is 9.51. The van der Waals surface area contributed by atoms with Crippen LogP contribution in [0.5, 0.6) is 0 Å². The zero-order valence-electron chi connectivity index (χ0n) is 9.43. The normalized spacial score (nSPS) is 21.4. The van der Waals surface area contributed by atoms with E-state index in [1.54, 1.807) is 8.80 Å². The molecule has 0 unspecified atom stereocenters. The molecule has 1 fully saturated rings. The van der Waals surface area contributed by atoms with Gasteiger partial charge in [-0.25, -0.2) is 0 Å². The Morgan fingerprint density at radius 3 is 1.05 bits per heavy atom. The number of sulfonamides is 2. The van der Waals surface area contributed by atoms with Crippen molar-refractivity contribution >= 4 is 43.0 Å². The molecule has 0 N–H and O–H groups in total. The highest BCUT2D eigenvalue weighted by Crippen LogP contribution is 2.28. The van der Waals surface area contributed by atoms with Crippen molar-refractivity contribution in [2.45, 2.75) is 11.0 Å². The summed E-state index contributed by atoms with van der Waals surface area (Å²) < 4.78 is 118. The lowest BCUT2D eigenvalue weighted by Gasteiger charge is -2.15. The summed E-state index contributed by atoms with van der Waals surface area (Å²) in [5.74, 6) is -4.05. The summed E-state index contributed by atoms with van der Waals surface area (Å²) in [6.07, 6.45) is 0. The van der Waals surface area contributed by atoms with Crippen molar-refractivity contribution < 1.29 is 52.8 Å². The number of rotatable bonds is 2. The van der Waals surface area contributed by atoms with Gasteiger partial charge in [-0.1, -0.05) is 0 Å². The minimum absolute atomic E-state index is 1.80. The molecule has 1 aliphatic carbocycles. The molecule has 16 heteroatoms. The second kappa shape index (κ2) is 4.83. The van der Waals surface area contributed by atoms with E-state index in [0.29, 0.717) is 0 Å². The van der Waals surface area contributed by atoms with Gasteiger partial charge in [-0.15, -0.1) is 8.80 Å². The summed E-state index contributed by atoms with van der Waals surface area (Å²) in [5.41, 5.74) is -15.9. The minimum atomic E-state index is -6.38. The molecule has 1 aliphatic rings. The lowest BCUT2D eigenvalue weighted by molar-refractivity contribution is -0.129. The zero-order chi connectivity index (χ0) is 17.7. The molecule has 0 radical (unpaired) electrons. The topological polar surface area (TPSA) is 127 Å². The van der Waals surface area contributed by atoms with Crippen LogP contribution >= 0.6 is 0 Å². The van der Waals surface area contributed by atoms with Crippen LogP contribution in [0.4, 0.5) is 26.3 Å². The van der Waals surface area contributed by atoms with Gasteiger partial charge in [0.15, 0.2) is 11.4 Å². The molecule has 0 spiro atoms. The van der Waals surface area contributed by atoms with Crippen molar-refractivity contribution in [2.24, 2.45) is 8.80 Å². The van der Waals surface area contributed by atoms with Crippen molar-refractivity contribution in [3.05, 3.63) is 0 Å². The van der Waals surface area contributed by atoms with Crippen molar-refractivity contribution in [1.29, 1.82) is 0 Å². The maximum absolute atomic E-state index is 12.0. The number of ketones is 2. The Labute approximate surface area is 116 Å². The van der Waals surface area contributed by atoms with Crippen LogP contribution in [0, 0.1) is 0 Å². The van der Waals surface area contributed by atoms with Gasteiger partial charge in [0, 0.05) is 0 Å². The van der Waals surface area contributed by atoms with E-state index in [-0.39, 0.29) is 0 Å². The zero-order valence-corrected chi connectivity index (χ0v) is 11.1. The number of hydrogen-bond donors (Lipinski definition) is 0. The van der Waals surface area contributed by atoms with Crippen LogP contribution in [0.25, 0.3) is 0 Å². The van der Waals surface area contributed by atoms with Crippen LogP contribution in [0.1, 0.15) is 0 Å². The van der Waals surface area contributed by atoms with E-state index in [9.17, 15) is 52.8 Å². The van der Waals surface area contributed by atoms with E-state index >= 15 is 0 Å². The van der Waals surface area contributed by atoms with Crippen LogP contribution in [0.15, 0.2) is 8.80 Å². The summed E-state index contributed by atoms with van der Waals surface area (Å²) in [5, 5.41) is 0. The van der Waals surface area contributed by atoms with Gasteiger partial charge >= 0.3 is 31.1 Å². The fourth-order valence-electron chi connectivity index (χ4n) is 0.881. The Morgan fingerprint density at radius 2 is 0.864 bits per heavy atom. The Morgan fingerprint density at radius 1 is 0.636 bits per heavy atom. The van der Waals surface area contributed by atoms with Crippen molar-refractivity contribution in [1.82, 2.24) is 0 Å². The third-order valence-electron chi connectivity index (χ3n) is 1.87. The number of halogens is 6. The van der Waals surface area contributed by atoms with E-state index in [1.165, 1.54) is 0 Å². The highest BCUT2D eigenvalue weighted by Gasteiger charge is 2.53. The molecule has 0 saturated heterocycles. The van der Waals surface area contributed by atoms with Gasteiger partial charge in [-0.3, -0.25) is 9.59 Å². The second-order valence-corrected chi connectivity index (χ2v) is 6.57. The molecule has 0 atom stereocenters. The third-order valence-corrected chi connectivity index (χ3v) is 3.88. The van der Waals surface area contributed by atoms with Gasteiger partial charge in [0.25, 0.3) is 11.6 Å². The van der Waals surface area contributed by atoms with Crippen LogP contribution < -0.4 is 0 Å². The summed E-state index contributed by atoms with van der Waals surface area (Å²) in [4.78, 5) is 21.7. The monoisotopic (exact) mass is 374 g/mol. The van der Waals surface area contributed by atoms with Crippen molar-refractivity contribution in [2.75, 3.05) is 0 Å². The van der Waals surface area contributed by atoms with E-state index in [1.807, 2.05) is 0 Å². The number of carbonyl (C=O) groups is 2. The summed E-state index contributed by atoms with van der Waals surface area (Å²) in [7, 11) is -12.8. The SMILES string of the molecule is O=C1C(=O)C(=N\S(=O)(=O)C(F)(F)F)/C1=N/S(=O)(=O)C(F)(F)F. The predicted octanol–water partition coefficient (Wildman–Crippen LogP) is -0.281. The molecule has 22 heavy (non-hydrogen) atoms. The van der Waals surface area contributed by atoms with Gasteiger partial charge in [-0.2, -0.15) is 43.2 Å². The van der Waals surface area contributed by atoms with Gasteiger partial charge in [-0.05, 0) is 0 Å². The maximum Gasteiger partial charge on any atom is 0.518 e. The van der Waals surface area contributed by atoms with Gasteiger partial charge in [0.05, 0.1) is 0 Å². The molecular formula is C6F6N2O6S2. The van der Waals surface area contributed by atoms with Gasteiger partial charge in [0.2, 0.25) is 0 Å². The summed E-state index contributed by atoms with van der Waals surface area (Å²) in [6.45, 7) is 0. The Bertz CT molecular complexity index is 745. The van der Waals surface area contributed by atoms with E-state index in [0.717, 1.165) is 0 Å².